The summed E-state index contributed by atoms with van der Waals surface area (Å²) in [6.45, 7) is 4.07. The summed E-state index contributed by atoms with van der Waals surface area (Å²) in [4.78, 5) is 0. The molecular formula is C12H16O3S. The third-order valence-corrected chi connectivity index (χ3v) is 3.43. The van der Waals surface area contributed by atoms with Gasteiger partial charge in [-0.1, -0.05) is 25.1 Å². The van der Waals surface area contributed by atoms with Crippen molar-refractivity contribution in [2.24, 2.45) is 0 Å². The Labute approximate surface area is 96.7 Å². The first kappa shape index (κ1) is 12.8. The molecule has 0 bridgehead atoms. The van der Waals surface area contributed by atoms with Crippen LogP contribution in [0.2, 0.25) is 0 Å². The molecular weight excluding hydrogens is 224 g/mol. The van der Waals surface area contributed by atoms with Crippen molar-refractivity contribution in [3.63, 3.8) is 0 Å². The van der Waals surface area contributed by atoms with E-state index < -0.39 is 9.84 Å². The fourth-order valence-corrected chi connectivity index (χ4v) is 1.72. The van der Waals surface area contributed by atoms with Crippen molar-refractivity contribution in [3.8, 4) is 5.75 Å². The predicted octanol–water partition coefficient (Wildman–Crippen LogP) is 2.49. The quantitative estimate of drug-likeness (QED) is 0.794. The Balaban J connectivity index is 2.97. The maximum absolute atomic E-state index is 11.3. The zero-order valence-electron chi connectivity index (χ0n) is 9.51. The SMILES string of the molecule is CCOc1ccccc1C=CS(=O)(=O)CC. The van der Waals surface area contributed by atoms with Gasteiger partial charge in [0.1, 0.15) is 5.75 Å². The molecule has 0 aliphatic carbocycles. The Kier molecular flexibility index (Phi) is 4.55. The molecule has 0 atom stereocenters. The lowest BCUT2D eigenvalue weighted by Gasteiger charge is -2.05. The van der Waals surface area contributed by atoms with E-state index in [0.717, 1.165) is 5.56 Å². The molecule has 88 valence electrons. The van der Waals surface area contributed by atoms with Crippen molar-refractivity contribution in [1.82, 2.24) is 0 Å². The van der Waals surface area contributed by atoms with Gasteiger partial charge in [0.25, 0.3) is 0 Å². The van der Waals surface area contributed by atoms with Crippen LogP contribution in [0.3, 0.4) is 0 Å². The van der Waals surface area contributed by atoms with E-state index >= 15 is 0 Å². The number of benzene rings is 1. The molecule has 0 aliphatic heterocycles. The van der Waals surface area contributed by atoms with E-state index in [9.17, 15) is 8.42 Å². The molecule has 1 aromatic carbocycles. The van der Waals surface area contributed by atoms with Crippen molar-refractivity contribution in [2.75, 3.05) is 12.4 Å². The molecule has 16 heavy (non-hydrogen) atoms. The van der Waals surface area contributed by atoms with Gasteiger partial charge in [-0.3, -0.25) is 0 Å². The van der Waals surface area contributed by atoms with Crippen LogP contribution in [0, 0.1) is 0 Å². The molecule has 0 aromatic heterocycles. The van der Waals surface area contributed by atoms with Gasteiger partial charge in [-0.05, 0) is 19.1 Å². The van der Waals surface area contributed by atoms with Crippen LogP contribution >= 0.6 is 0 Å². The summed E-state index contributed by atoms with van der Waals surface area (Å²) in [6.07, 6.45) is 1.57. The molecule has 4 heteroatoms. The average Bonchev–Trinajstić information content (AvgIpc) is 2.28. The van der Waals surface area contributed by atoms with Gasteiger partial charge < -0.3 is 4.74 Å². The summed E-state index contributed by atoms with van der Waals surface area (Å²) < 4.78 is 28.0. The molecule has 0 N–H and O–H groups in total. The first-order chi connectivity index (χ1) is 7.59. The van der Waals surface area contributed by atoms with E-state index in [0.29, 0.717) is 12.4 Å². The predicted molar refractivity (Wildman–Crippen MR) is 66.1 cm³/mol. The molecule has 0 unspecified atom stereocenters. The molecule has 0 fully saturated rings. The minimum atomic E-state index is -3.09. The van der Waals surface area contributed by atoms with Gasteiger partial charge in [0, 0.05) is 11.0 Å². The highest BCUT2D eigenvalue weighted by molar-refractivity contribution is 7.94. The maximum Gasteiger partial charge on any atom is 0.171 e. The molecule has 0 heterocycles. The highest BCUT2D eigenvalue weighted by Crippen LogP contribution is 2.19. The van der Waals surface area contributed by atoms with E-state index in [2.05, 4.69) is 0 Å². The van der Waals surface area contributed by atoms with Crippen LogP contribution in [-0.2, 0) is 9.84 Å². The molecule has 0 saturated heterocycles. The van der Waals surface area contributed by atoms with Crippen molar-refractivity contribution >= 4 is 15.9 Å². The first-order valence-electron chi connectivity index (χ1n) is 5.21. The van der Waals surface area contributed by atoms with Gasteiger partial charge in [0.15, 0.2) is 9.84 Å². The van der Waals surface area contributed by atoms with E-state index in [4.69, 9.17) is 4.74 Å². The Morgan fingerprint density at radius 1 is 1.25 bits per heavy atom. The van der Waals surface area contributed by atoms with Gasteiger partial charge >= 0.3 is 0 Å². The molecule has 1 aromatic rings. The lowest BCUT2D eigenvalue weighted by molar-refractivity contribution is 0.339. The Morgan fingerprint density at radius 2 is 1.94 bits per heavy atom. The topological polar surface area (TPSA) is 43.4 Å². The summed E-state index contributed by atoms with van der Waals surface area (Å²) >= 11 is 0. The summed E-state index contributed by atoms with van der Waals surface area (Å²) in [5, 5.41) is 1.23. The second-order valence-corrected chi connectivity index (χ2v) is 5.40. The molecule has 0 radical (unpaired) electrons. The number of hydrogen-bond acceptors (Lipinski definition) is 3. The molecule has 3 nitrogen and oxygen atoms in total. The third kappa shape index (κ3) is 3.70. The maximum atomic E-state index is 11.3. The molecule has 0 aliphatic rings. The normalized spacial score (nSPS) is 11.9. The number of sulfone groups is 1. The van der Waals surface area contributed by atoms with Crippen LogP contribution in [-0.4, -0.2) is 20.8 Å². The summed E-state index contributed by atoms with van der Waals surface area (Å²) in [5.74, 6) is 0.813. The van der Waals surface area contributed by atoms with Crippen LogP contribution in [0.25, 0.3) is 6.08 Å². The van der Waals surface area contributed by atoms with E-state index in [1.807, 2.05) is 31.2 Å². The minimum Gasteiger partial charge on any atom is -0.493 e. The number of rotatable bonds is 5. The van der Waals surface area contributed by atoms with Crippen molar-refractivity contribution in [2.45, 2.75) is 13.8 Å². The average molecular weight is 240 g/mol. The van der Waals surface area contributed by atoms with Crippen molar-refractivity contribution in [3.05, 3.63) is 35.2 Å². The van der Waals surface area contributed by atoms with E-state index in [-0.39, 0.29) is 5.75 Å². The van der Waals surface area contributed by atoms with Crippen molar-refractivity contribution < 1.29 is 13.2 Å². The number of para-hydroxylation sites is 1. The summed E-state index contributed by atoms with van der Waals surface area (Å²) in [7, 11) is -3.09. The fraction of sp³-hybridized carbons (Fsp3) is 0.333. The monoisotopic (exact) mass is 240 g/mol. The smallest absolute Gasteiger partial charge is 0.171 e. The zero-order valence-corrected chi connectivity index (χ0v) is 10.3. The largest absolute Gasteiger partial charge is 0.493 e. The van der Waals surface area contributed by atoms with Gasteiger partial charge in [-0.25, -0.2) is 8.42 Å². The third-order valence-electron chi connectivity index (χ3n) is 2.08. The van der Waals surface area contributed by atoms with E-state index in [1.165, 1.54) is 5.41 Å². The summed E-state index contributed by atoms with van der Waals surface area (Å²) in [6, 6.07) is 7.35. The second-order valence-electron chi connectivity index (χ2n) is 3.23. The second kappa shape index (κ2) is 5.70. The standard InChI is InChI=1S/C12H16O3S/c1-3-15-12-8-6-5-7-11(12)9-10-16(13,14)4-2/h5-10H,3-4H2,1-2H3. The molecule has 0 spiro atoms. The van der Waals surface area contributed by atoms with Gasteiger partial charge in [-0.2, -0.15) is 0 Å². The van der Waals surface area contributed by atoms with E-state index in [1.54, 1.807) is 13.0 Å². The summed E-state index contributed by atoms with van der Waals surface area (Å²) in [5.41, 5.74) is 0.779. The fourth-order valence-electron chi connectivity index (χ4n) is 1.18. The molecule has 1 rings (SSSR count). The van der Waals surface area contributed by atoms with Crippen LogP contribution in [0.5, 0.6) is 5.75 Å². The Hall–Kier alpha value is -1.29. The highest BCUT2D eigenvalue weighted by Gasteiger charge is 2.02. The zero-order chi connectivity index (χ0) is 12.0. The van der Waals surface area contributed by atoms with Crippen LogP contribution in [0.1, 0.15) is 19.4 Å². The lowest BCUT2D eigenvalue weighted by Crippen LogP contribution is -1.97. The Bertz CT molecular complexity index is 461. The van der Waals surface area contributed by atoms with Crippen LogP contribution < -0.4 is 4.74 Å². The molecule has 0 amide bonds. The number of ether oxygens (including phenoxy) is 1. The van der Waals surface area contributed by atoms with Crippen molar-refractivity contribution in [1.29, 1.82) is 0 Å². The van der Waals surface area contributed by atoms with Crippen LogP contribution in [0.15, 0.2) is 29.7 Å². The van der Waals surface area contributed by atoms with Gasteiger partial charge in [0.2, 0.25) is 0 Å². The lowest BCUT2D eigenvalue weighted by atomic mass is 10.2. The van der Waals surface area contributed by atoms with Gasteiger partial charge in [0.05, 0.1) is 12.4 Å². The Morgan fingerprint density at radius 3 is 2.56 bits per heavy atom. The highest BCUT2D eigenvalue weighted by atomic mass is 32.2. The van der Waals surface area contributed by atoms with Gasteiger partial charge in [-0.15, -0.1) is 0 Å². The minimum absolute atomic E-state index is 0.111. The first-order valence-corrected chi connectivity index (χ1v) is 6.93. The van der Waals surface area contributed by atoms with Crippen LogP contribution in [0.4, 0.5) is 0 Å². The molecule has 0 saturated carbocycles. The number of hydrogen-bond donors (Lipinski definition) is 0.